The minimum absolute atomic E-state index is 0.0639. The van der Waals surface area contributed by atoms with Crippen LogP contribution in [-0.4, -0.2) is 38.4 Å². The molecule has 0 saturated heterocycles. The van der Waals surface area contributed by atoms with Gasteiger partial charge in [0, 0.05) is 17.9 Å². The number of carbonyl (C=O) groups is 3. The molecule has 7 nitrogen and oxygen atoms in total. The Kier molecular flexibility index (Phi) is 7.90. The Bertz CT molecular complexity index is 559. The number of ether oxygens (including phenoxy) is 4. The third kappa shape index (κ3) is 7.01. The van der Waals surface area contributed by atoms with E-state index in [0.29, 0.717) is 10.6 Å². The normalized spacial score (nSPS) is 11.3. The first-order chi connectivity index (χ1) is 11.0. The number of carbonyl (C=O) groups excluding carboxylic acids is 3. The molecule has 0 radical (unpaired) electrons. The Morgan fingerprint density at radius 1 is 1.17 bits per heavy atom. The summed E-state index contributed by atoms with van der Waals surface area (Å²) < 4.78 is 18.7. The van der Waals surface area contributed by atoms with Crippen LogP contribution >= 0.6 is 11.6 Å². The van der Waals surface area contributed by atoms with Crippen molar-refractivity contribution in [3.05, 3.63) is 34.9 Å². The van der Waals surface area contributed by atoms with E-state index >= 15 is 0 Å². The van der Waals surface area contributed by atoms with Gasteiger partial charge in [-0.3, -0.25) is 4.79 Å². The van der Waals surface area contributed by atoms with Crippen molar-refractivity contribution < 1.29 is 33.3 Å². The lowest BCUT2D eigenvalue weighted by Gasteiger charge is -2.15. The topological polar surface area (TPSA) is 88.1 Å². The number of rotatable bonds is 7. The van der Waals surface area contributed by atoms with Gasteiger partial charge in [-0.1, -0.05) is 23.7 Å². The van der Waals surface area contributed by atoms with E-state index in [-0.39, 0.29) is 19.4 Å². The van der Waals surface area contributed by atoms with Crippen LogP contribution in [0.25, 0.3) is 0 Å². The molecule has 0 bridgehead atoms. The minimum Gasteiger partial charge on any atom is -0.469 e. The van der Waals surface area contributed by atoms with E-state index in [4.69, 9.17) is 21.1 Å². The van der Waals surface area contributed by atoms with Crippen LogP contribution in [0.15, 0.2) is 24.3 Å². The van der Waals surface area contributed by atoms with Gasteiger partial charge in [0.2, 0.25) is 6.10 Å². The molecule has 23 heavy (non-hydrogen) atoms. The third-order valence-corrected chi connectivity index (χ3v) is 3.02. The first-order valence-electron chi connectivity index (χ1n) is 6.68. The maximum atomic E-state index is 11.6. The number of benzene rings is 1. The van der Waals surface area contributed by atoms with Gasteiger partial charge in [0.25, 0.3) is 0 Å². The fraction of sp³-hybridized carbons (Fsp3) is 0.400. The van der Waals surface area contributed by atoms with E-state index in [0.717, 1.165) is 7.11 Å². The molecule has 0 N–H and O–H groups in total. The standard InChI is InChI=1S/C15H17ClO7/c1-20-13(17)7-6-12(14(18)21-2)23-15(19)22-9-10-4-3-5-11(16)8-10/h3-5,8,12H,6-7,9H2,1-2H3. The molecule has 8 heteroatoms. The summed E-state index contributed by atoms with van der Waals surface area (Å²) >= 11 is 5.81. The summed E-state index contributed by atoms with van der Waals surface area (Å²) in [6.07, 6.45) is -2.46. The Labute approximate surface area is 138 Å². The second-order valence-corrected chi connectivity index (χ2v) is 4.85. The molecule has 1 aromatic carbocycles. The number of halogens is 1. The molecule has 0 heterocycles. The summed E-state index contributed by atoms with van der Waals surface area (Å²) in [4.78, 5) is 34.3. The Hall–Kier alpha value is -2.28. The van der Waals surface area contributed by atoms with E-state index in [1.807, 2.05) is 0 Å². The first kappa shape index (κ1) is 18.8. The molecule has 0 spiro atoms. The fourth-order valence-corrected chi connectivity index (χ4v) is 1.84. The maximum Gasteiger partial charge on any atom is 0.509 e. The number of esters is 2. The largest absolute Gasteiger partial charge is 0.509 e. The molecule has 0 aliphatic carbocycles. The van der Waals surface area contributed by atoms with Crippen molar-refractivity contribution in [1.29, 1.82) is 0 Å². The summed E-state index contributed by atoms with van der Waals surface area (Å²) in [7, 11) is 2.36. The molecule has 126 valence electrons. The maximum absolute atomic E-state index is 11.6. The summed E-state index contributed by atoms with van der Waals surface area (Å²) in [5, 5.41) is 0.505. The zero-order valence-electron chi connectivity index (χ0n) is 12.7. The van der Waals surface area contributed by atoms with Crippen LogP contribution in [0.1, 0.15) is 18.4 Å². The van der Waals surface area contributed by atoms with E-state index in [1.54, 1.807) is 24.3 Å². The number of methoxy groups -OCH3 is 2. The smallest absolute Gasteiger partial charge is 0.469 e. The van der Waals surface area contributed by atoms with Crippen molar-refractivity contribution in [3.63, 3.8) is 0 Å². The Morgan fingerprint density at radius 2 is 1.91 bits per heavy atom. The van der Waals surface area contributed by atoms with E-state index < -0.39 is 24.2 Å². The van der Waals surface area contributed by atoms with Crippen LogP contribution in [0.4, 0.5) is 4.79 Å². The summed E-state index contributed by atoms with van der Waals surface area (Å²) in [5.41, 5.74) is 0.665. The van der Waals surface area contributed by atoms with Crippen molar-refractivity contribution in [2.24, 2.45) is 0 Å². The Morgan fingerprint density at radius 3 is 2.52 bits per heavy atom. The van der Waals surface area contributed by atoms with Crippen molar-refractivity contribution in [2.45, 2.75) is 25.6 Å². The average molecular weight is 345 g/mol. The van der Waals surface area contributed by atoms with Gasteiger partial charge in [-0.2, -0.15) is 0 Å². The van der Waals surface area contributed by atoms with Gasteiger partial charge in [-0.15, -0.1) is 0 Å². The monoisotopic (exact) mass is 344 g/mol. The van der Waals surface area contributed by atoms with Crippen LogP contribution in [0.5, 0.6) is 0 Å². The quantitative estimate of drug-likeness (QED) is 0.554. The van der Waals surface area contributed by atoms with Gasteiger partial charge < -0.3 is 18.9 Å². The molecule has 1 rings (SSSR count). The van der Waals surface area contributed by atoms with Gasteiger partial charge in [0.15, 0.2) is 0 Å². The van der Waals surface area contributed by atoms with Gasteiger partial charge >= 0.3 is 18.1 Å². The van der Waals surface area contributed by atoms with Crippen LogP contribution in [-0.2, 0) is 35.1 Å². The minimum atomic E-state index is -1.24. The molecule has 0 amide bonds. The van der Waals surface area contributed by atoms with E-state index in [1.165, 1.54) is 7.11 Å². The van der Waals surface area contributed by atoms with Gasteiger partial charge in [0.05, 0.1) is 14.2 Å². The first-order valence-corrected chi connectivity index (χ1v) is 7.06. The van der Waals surface area contributed by atoms with Crippen LogP contribution in [0.2, 0.25) is 5.02 Å². The molecule has 0 saturated carbocycles. The van der Waals surface area contributed by atoms with Crippen molar-refractivity contribution >= 4 is 29.7 Å². The Balaban J connectivity index is 2.52. The zero-order chi connectivity index (χ0) is 17.2. The summed E-state index contributed by atoms with van der Waals surface area (Å²) in [5.74, 6) is -1.32. The van der Waals surface area contributed by atoms with Crippen LogP contribution < -0.4 is 0 Å². The van der Waals surface area contributed by atoms with E-state index in [9.17, 15) is 14.4 Å². The predicted octanol–water partition coefficient (Wildman–Crippen LogP) is 2.49. The highest BCUT2D eigenvalue weighted by Gasteiger charge is 2.25. The van der Waals surface area contributed by atoms with Crippen molar-refractivity contribution in [1.82, 2.24) is 0 Å². The molecule has 1 atom stereocenters. The SMILES string of the molecule is COC(=O)CCC(OC(=O)OCc1cccc(Cl)c1)C(=O)OC. The van der Waals surface area contributed by atoms with Crippen molar-refractivity contribution in [3.8, 4) is 0 Å². The highest BCUT2D eigenvalue weighted by atomic mass is 35.5. The van der Waals surface area contributed by atoms with Gasteiger partial charge in [0.1, 0.15) is 6.61 Å². The van der Waals surface area contributed by atoms with Crippen LogP contribution in [0, 0.1) is 0 Å². The molecule has 1 aromatic rings. The third-order valence-electron chi connectivity index (χ3n) is 2.79. The zero-order valence-corrected chi connectivity index (χ0v) is 13.5. The number of hydrogen-bond acceptors (Lipinski definition) is 7. The average Bonchev–Trinajstić information content (AvgIpc) is 2.55. The highest BCUT2D eigenvalue weighted by Crippen LogP contribution is 2.13. The summed E-state index contributed by atoms with van der Waals surface area (Å²) in [6, 6.07) is 6.74. The molecule has 1 unspecified atom stereocenters. The lowest BCUT2D eigenvalue weighted by atomic mass is 10.2. The highest BCUT2D eigenvalue weighted by molar-refractivity contribution is 6.30. The lowest BCUT2D eigenvalue weighted by molar-refractivity contribution is -0.153. The predicted molar refractivity (Wildman–Crippen MR) is 79.8 cm³/mol. The fourth-order valence-electron chi connectivity index (χ4n) is 1.63. The van der Waals surface area contributed by atoms with Gasteiger partial charge in [-0.25, -0.2) is 9.59 Å². The van der Waals surface area contributed by atoms with E-state index in [2.05, 4.69) is 9.47 Å². The molecular formula is C15H17ClO7. The second-order valence-electron chi connectivity index (χ2n) is 4.41. The van der Waals surface area contributed by atoms with Gasteiger partial charge in [-0.05, 0) is 17.7 Å². The molecule has 0 aromatic heterocycles. The summed E-state index contributed by atoms with van der Waals surface area (Å²) in [6.45, 7) is -0.0652. The second kappa shape index (κ2) is 9.68. The molecule has 0 aliphatic rings. The van der Waals surface area contributed by atoms with Crippen LogP contribution in [0.3, 0.4) is 0 Å². The molecule has 0 aliphatic heterocycles. The van der Waals surface area contributed by atoms with Crippen molar-refractivity contribution in [2.75, 3.05) is 14.2 Å². The molecule has 0 fully saturated rings. The lowest BCUT2D eigenvalue weighted by Crippen LogP contribution is -2.29. The molecular weight excluding hydrogens is 328 g/mol. The number of hydrogen-bond donors (Lipinski definition) is 0.